The molecule has 0 saturated heterocycles. The lowest BCUT2D eigenvalue weighted by Crippen LogP contribution is -2.32. The molecule has 1 N–H and O–H groups in total. The zero-order chi connectivity index (χ0) is 22.8. The number of benzene rings is 3. The highest BCUT2D eigenvalue weighted by Gasteiger charge is 2.41. The molecule has 162 valence electrons. The number of amides is 2. The Labute approximate surface area is 192 Å². The largest absolute Gasteiger partial charge is 0.492 e. The summed E-state index contributed by atoms with van der Waals surface area (Å²) in [5.41, 5.74) is 4.24. The van der Waals surface area contributed by atoms with Crippen LogP contribution in [0.1, 0.15) is 23.6 Å². The molecule has 0 bridgehead atoms. The van der Waals surface area contributed by atoms with Gasteiger partial charge in [-0.2, -0.15) is 0 Å². The van der Waals surface area contributed by atoms with E-state index < -0.39 is 11.8 Å². The van der Waals surface area contributed by atoms with E-state index >= 15 is 0 Å². The zero-order valence-electron chi connectivity index (χ0n) is 18.1. The Morgan fingerprint density at radius 1 is 0.938 bits per heavy atom. The van der Waals surface area contributed by atoms with Gasteiger partial charge in [0.05, 0.1) is 17.9 Å². The van der Waals surface area contributed by atoms with Crippen LogP contribution in [0.25, 0.3) is 5.57 Å². The Morgan fingerprint density at radius 3 is 2.34 bits per heavy atom. The van der Waals surface area contributed by atoms with Crippen molar-refractivity contribution in [1.82, 2.24) is 0 Å². The van der Waals surface area contributed by atoms with E-state index in [1.165, 1.54) is 4.90 Å². The summed E-state index contributed by atoms with van der Waals surface area (Å²) >= 11 is 6.09. The van der Waals surface area contributed by atoms with Crippen LogP contribution in [0, 0.1) is 13.8 Å². The number of hydrogen-bond donors (Lipinski definition) is 1. The van der Waals surface area contributed by atoms with E-state index in [-0.39, 0.29) is 5.70 Å². The minimum atomic E-state index is -0.438. The molecule has 32 heavy (non-hydrogen) atoms. The summed E-state index contributed by atoms with van der Waals surface area (Å²) in [4.78, 5) is 28.4. The number of hydrogen-bond acceptors (Lipinski definition) is 4. The molecule has 5 nitrogen and oxygen atoms in total. The molecular weight excluding hydrogens is 424 g/mol. The lowest BCUT2D eigenvalue weighted by atomic mass is 10.0. The molecule has 0 atom stereocenters. The van der Waals surface area contributed by atoms with Crippen molar-refractivity contribution in [2.24, 2.45) is 0 Å². The maximum atomic E-state index is 13.6. The van der Waals surface area contributed by atoms with Crippen molar-refractivity contribution >= 4 is 40.4 Å². The van der Waals surface area contributed by atoms with Crippen LogP contribution in [0.4, 0.5) is 11.4 Å². The van der Waals surface area contributed by atoms with Gasteiger partial charge in [0.15, 0.2) is 0 Å². The standard InChI is InChI=1S/C26H23ClN2O3/c1-4-32-22-8-6-5-7-21(22)29-25(30)23(18-11-9-16(2)10-12-18)24(26(29)31)28-20-14-13-19(27)15-17(20)3/h5-15,28H,4H2,1-3H3. The van der Waals surface area contributed by atoms with E-state index in [4.69, 9.17) is 16.3 Å². The molecular formula is C26H23ClN2O3. The molecule has 0 aromatic heterocycles. The van der Waals surface area contributed by atoms with Gasteiger partial charge in [-0.3, -0.25) is 9.59 Å². The molecule has 0 spiro atoms. The van der Waals surface area contributed by atoms with Crippen LogP contribution in [-0.2, 0) is 9.59 Å². The highest BCUT2D eigenvalue weighted by atomic mass is 35.5. The summed E-state index contributed by atoms with van der Waals surface area (Å²) in [6.45, 7) is 6.14. The average molecular weight is 447 g/mol. The van der Waals surface area contributed by atoms with Crippen LogP contribution >= 0.6 is 11.6 Å². The van der Waals surface area contributed by atoms with Gasteiger partial charge in [0.2, 0.25) is 0 Å². The lowest BCUT2D eigenvalue weighted by Gasteiger charge is -2.19. The molecule has 0 saturated carbocycles. The van der Waals surface area contributed by atoms with E-state index in [9.17, 15) is 9.59 Å². The molecule has 6 heteroatoms. The summed E-state index contributed by atoms with van der Waals surface area (Å²) < 4.78 is 5.69. The Hall–Kier alpha value is -3.57. The summed E-state index contributed by atoms with van der Waals surface area (Å²) in [5.74, 6) is -0.365. The van der Waals surface area contributed by atoms with Crippen LogP contribution in [-0.4, -0.2) is 18.4 Å². The van der Waals surface area contributed by atoms with Gasteiger partial charge in [0.25, 0.3) is 11.8 Å². The number of para-hydroxylation sites is 2. The number of rotatable bonds is 6. The van der Waals surface area contributed by atoms with Gasteiger partial charge in [0, 0.05) is 10.7 Å². The highest BCUT2D eigenvalue weighted by molar-refractivity contribution is 6.46. The SMILES string of the molecule is CCOc1ccccc1N1C(=O)C(Nc2ccc(Cl)cc2C)=C(c2ccc(C)cc2)C1=O. The van der Waals surface area contributed by atoms with E-state index in [2.05, 4.69) is 5.32 Å². The van der Waals surface area contributed by atoms with Gasteiger partial charge in [-0.25, -0.2) is 4.90 Å². The van der Waals surface area contributed by atoms with Gasteiger partial charge < -0.3 is 10.1 Å². The number of aryl methyl sites for hydroxylation is 2. The fourth-order valence-corrected chi connectivity index (χ4v) is 3.90. The first kappa shape index (κ1) is 21.7. The minimum Gasteiger partial charge on any atom is -0.492 e. The normalized spacial score (nSPS) is 13.7. The van der Waals surface area contributed by atoms with Crippen LogP contribution < -0.4 is 15.0 Å². The van der Waals surface area contributed by atoms with Gasteiger partial charge >= 0.3 is 0 Å². The first-order chi connectivity index (χ1) is 15.4. The first-order valence-electron chi connectivity index (χ1n) is 10.4. The molecule has 2 amide bonds. The Balaban J connectivity index is 1.84. The average Bonchev–Trinajstić information content (AvgIpc) is 3.01. The highest BCUT2D eigenvalue weighted by Crippen LogP contribution is 2.38. The first-order valence-corrected chi connectivity index (χ1v) is 10.7. The van der Waals surface area contributed by atoms with Crippen molar-refractivity contribution in [2.75, 3.05) is 16.8 Å². The van der Waals surface area contributed by atoms with Crippen molar-refractivity contribution in [3.8, 4) is 5.75 Å². The van der Waals surface area contributed by atoms with Crippen molar-refractivity contribution in [3.05, 3.63) is 94.1 Å². The topological polar surface area (TPSA) is 58.6 Å². The fraction of sp³-hybridized carbons (Fsp3) is 0.154. The smallest absolute Gasteiger partial charge is 0.282 e. The summed E-state index contributed by atoms with van der Waals surface area (Å²) in [7, 11) is 0. The van der Waals surface area contributed by atoms with Crippen molar-refractivity contribution in [2.45, 2.75) is 20.8 Å². The lowest BCUT2D eigenvalue weighted by molar-refractivity contribution is -0.120. The van der Waals surface area contributed by atoms with Crippen LogP contribution in [0.3, 0.4) is 0 Å². The van der Waals surface area contributed by atoms with Crippen LogP contribution in [0.5, 0.6) is 5.75 Å². The van der Waals surface area contributed by atoms with E-state index in [0.717, 1.165) is 11.1 Å². The van der Waals surface area contributed by atoms with Crippen molar-refractivity contribution in [1.29, 1.82) is 0 Å². The van der Waals surface area contributed by atoms with Gasteiger partial charge in [-0.05, 0) is 62.2 Å². The number of nitrogens with one attached hydrogen (secondary N) is 1. The Bertz CT molecular complexity index is 1230. The second kappa shape index (κ2) is 8.89. The maximum Gasteiger partial charge on any atom is 0.282 e. The third-order valence-corrected chi connectivity index (χ3v) is 5.51. The number of nitrogens with zero attached hydrogens (tertiary/aromatic N) is 1. The fourth-order valence-electron chi connectivity index (χ4n) is 3.67. The minimum absolute atomic E-state index is 0.218. The number of carbonyl (C=O) groups excluding carboxylic acids is 2. The number of carbonyl (C=O) groups is 2. The summed E-state index contributed by atoms with van der Waals surface area (Å²) in [6, 6.07) is 19.9. The van der Waals surface area contributed by atoms with Gasteiger partial charge in [-0.15, -0.1) is 0 Å². The monoisotopic (exact) mass is 446 g/mol. The number of ether oxygens (including phenoxy) is 1. The van der Waals surface area contributed by atoms with Gasteiger partial charge in [0.1, 0.15) is 11.4 Å². The third kappa shape index (κ3) is 3.99. The molecule has 4 rings (SSSR count). The Morgan fingerprint density at radius 2 is 1.66 bits per heavy atom. The molecule has 1 heterocycles. The number of halogens is 1. The summed E-state index contributed by atoms with van der Waals surface area (Å²) in [6.07, 6.45) is 0. The van der Waals surface area contributed by atoms with Crippen molar-refractivity contribution in [3.63, 3.8) is 0 Å². The third-order valence-electron chi connectivity index (χ3n) is 5.28. The molecule has 0 radical (unpaired) electrons. The zero-order valence-corrected chi connectivity index (χ0v) is 18.9. The summed E-state index contributed by atoms with van der Waals surface area (Å²) in [5, 5.41) is 3.80. The molecule has 0 unspecified atom stereocenters. The molecule has 3 aromatic carbocycles. The van der Waals surface area contributed by atoms with E-state index in [1.54, 1.807) is 36.4 Å². The van der Waals surface area contributed by atoms with Crippen LogP contribution in [0.15, 0.2) is 72.4 Å². The molecule has 3 aromatic rings. The quantitative estimate of drug-likeness (QED) is 0.489. The predicted octanol–water partition coefficient (Wildman–Crippen LogP) is 5.75. The van der Waals surface area contributed by atoms with E-state index in [0.29, 0.717) is 39.9 Å². The van der Waals surface area contributed by atoms with Gasteiger partial charge in [-0.1, -0.05) is 53.6 Å². The molecule has 1 aliphatic heterocycles. The maximum absolute atomic E-state index is 13.6. The Kier molecular flexibility index (Phi) is 6.01. The number of anilines is 2. The van der Waals surface area contributed by atoms with Crippen LogP contribution in [0.2, 0.25) is 5.02 Å². The molecule has 1 aliphatic rings. The molecule has 0 aliphatic carbocycles. The second-order valence-electron chi connectivity index (χ2n) is 7.55. The second-order valence-corrected chi connectivity index (χ2v) is 7.98. The van der Waals surface area contributed by atoms with E-state index in [1.807, 2.05) is 51.1 Å². The van der Waals surface area contributed by atoms with Crippen molar-refractivity contribution < 1.29 is 14.3 Å². The predicted molar refractivity (Wildman–Crippen MR) is 128 cm³/mol. The number of imide groups is 1. The molecule has 0 fully saturated rings.